The van der Waals surface area contributed by atoms with Crippen LogP contribution in [-0.4, -0.2) is 65.8 Å². The van der Waals surface area contributed by atoms with Gasteiger partial charge in [-0.25, -0.2) is 0 Å². The Hall–Kier alpha value is -7.14. The van der Waals surface area contributed by atoms with E-state index in [-0.39, 0.29) is 29.3 Å². The van der Waals surface area contributed by atoms with Crippen LogP contribution in [-0.2, 0) is 66.5 Å². The maximum absolute atomic E-state index is 12.8. The van der Waals surface area contributed by atoms with Crippen LogP contribution in [0.4, 0.5) is 17.3 Å². The Morgan fingerprint density at radius 1 is 0.495 bits per heavy atom. The summed E-state index contributed by atoms with van der Waals surface area (Å²) >= 11 is 0. The van der Waals surface area contributed by atoms with E-state index in [1.807, 2.05) is 0 Å². The molecule has 530 valence electrons. The van der Waals surface area contributed by atoms with Gasteiger partial charge in [-0.05, 0) is 262 Å². The van der Waals surface area contributed by atoms with Crippen LogP contribution in [0.25, 0.3) is 118 Å². The van der Waals surface area contributed by atoms with Crippen LogP contribution in [0.15, 0.2) is 91.0 Å². The fourth-order valence-electron chi connectivity index (χ4n) is 22.7. The maximum Gasteiger partial charge on any atom is 0.673 e. The first-order valence-electron chi connectivity index (χ1n) is 40.0. The van der Waals surface area contributed by atoms with E-state index in [0.717, 1.165) is 51.4 Å². The largest absolute Gasteiger partial charge is 0.673 e. The number of benzene rings is 12. The lowest BCUT2D eigenvalue weighted by molar-refractivity contribution is -0.141. The second-order valence-corrected chi connectivity index (χ2v) is 34.2. The molecule has 103 heavy (non-hydrogen) atoms. The van der Waals surface area contributed by atoms with Gasteiger partial charge >= 0.3 is 19.2 Å². The lowest BCUT2D eigenvalue weighted by Gasteiger charge is -2.26. The van der Waals surface area contributed by atoms with E-state index in [1.165, 1.54) is 164 Å². The van der Waals surface area contributed by atoms with E-state index in [4.69, 9.17) is 10.9 Å². The summed E-state index contributed by atoms with van der Waals surface area (Å²) in [6, 6.07) is 36.1. The molecule has 6 aliphatic carbocycles. The molecule has 1 fully saturated rings. The van der Waals surface area contributed by atoms with Crippen molar-refractivity contribution in [2.24, 2.45) is 0 Å². The predicted octanol–water partition coefficient (Wildman–Crippen LogP) is 24.3. The van der Waals surface area contributed by atoms with Gasteiger partial charge in [0.25, 0.3) is 0 Å². The summed E-state index contributed by atoms with van der Waals surface area (Å²) in [7, 11) is 2.07. The molecule has 20 rings (SSSR count). The number of aliphatic hydroxyl groups is 1. The lowest BCUT2D eigenvalue weighted by atomic mass is 9.76. The molecule has 6 aliphatic rings. The highest BCUT2D eigenvalue weighted by Crippen LogP contribution is 2.85. The first kappa shape index (κ1) is 67.7. The van der Waals surface area contributed by atoms with E-state index in [9.17, 15) is 26.9 Å². The van der Waals surface area contributed by atoms with Gasteiger partial charge in [-0.2, -0.15) is 0 Å². The van der Waals surface area contributed by atoms with E-state index < -0.39 is 7.25 Å². The summed E-state index contributed by atoms with van der Waals surface area (Å²) in [5, 5.41) is 39.1. The lowest BCUT2D eigenvalue weighted by Crippen LogP contribution is -2.23. The Labute approximate surface area is 608 Å². The monoisotopic (exact) mass is 1400 g/mol. The number of rotatable bonds is 34. The predicted molar refractivity (Wildman–Crippen MR) is 427 cm³/mol. The average molecular weight is 1400 g/mol. The van der Waals surface area contributed by atoms with Gasteiger partial charge in [0.15, 0.2) is 0 Å². The van der Waals surface area contributed by atoms with Crippen LogP contribution in [0, 0.1) is 0 Å². The number of unbranched alkanes of at least 4 members (excludes halogenated alkanes) is 18. The van der Waals surface area contributed by atoms with E-state index in [1.54, 1.807) is 170 Å². The number of carbonyl (C=O) groups excluding carboxylic acids is 2. The van der Waals surface area contributed by atoms with Crippen molar-refractivity contribution in [1.82, 2.24) is 0 Å². The fourth-order valence-corrected chi connectivity index (χ4v) is 25.6. The summed E-state index contributed by atoms with van der Waals surface area (Å²) in [5.74, 6) is 2.95. The highest BCUT2D eigenvalue weighted by atomic mass is 32.2. The minimum atomic E-state index is -6.00. The summed E-state index contributed by atoms with van der Waals surface area (Å²) in [6.45, 7) is 4.58. The molecule has 1 saturated carbocycles. The van der Waals surface area contributed by atoms with Crippen molar-refractivity contribution in [1.29, 1.82) is 1.43 Å². The van der Waals surface area contributed by atoms with Crippen LogP contribution in [0.5, 0.6) is 0 Å². The summed E-state index contributed by atoms with van der Waals surface area (Å²) in [6.07, 6.45) is 37.2. The smallest absolute Gasteiger partial charge is 0.469 e. The zero-order valence-corrected chi connectivity index (χ0v) is 61.6. The number of esters is 2. The second kappa shape index (κ2) is 27.3. The zero-order valence-electron chi connectivity index (χ0n) is 61.8. The molecule has 5 nitrogen and oxygen atoms in total. The normalized spacial score (nSPS) is 18.2. The Morgan fingerprint density at radius 2 is 0.883 bits per heavy atom. The Balaban J connectivity index is 0.000000147. The fraction of sp³-hybridized carbons (Fsp3) is 0.451. The van der Waals surface area contributed by atoms with Crippen LogP contribution in [0.3, 0.4) is 0 Å². The number of halogens is 4. The third-order valence-corrected chi connectivity index (χ3v) is 29.2. The number of hydrogen-bond acceptors (Lipinski definition) is 5. The number of ether oxygens (including phenoxy) is 2. The van der Waals surface area contributed by atoms with Crippen LogP contribution < -0.4 is 0 Å². The van der Waals surface area contributed by atoms with E-state index in [0.29, 0.717) is 34.9 Å². The van der Waals surface area contributed by atoms with Crippen LogP contribution >= 0.6 is 0 Å². The van der Waals surface area contributed by atoms with Gasteiger partial charge < -0.3 is 31.8 Å². The number of fused-ring (bicyclic) bond motifs is 1. The molecule has 4 unspecified atom stereocenters. The summed E-state index contributed by atoms with van der Waals surface area (Å²) < 4.78 is 55.0. The highest BCUT2D eigenvalue weighted by Gasteiger charge is 2.80. The Morgan fingerprint density at radius 3 is 1.36 bits per heavy atom. The molecular weight excluding hydrogens is 1300 g/mol. The molecule has 0 heterocycles. The molecule has 0 aromatic heterocycles. The molecule has 1 spiro atoms. The number of aliphatic hydroxyl groups excluding tert-OH is 1. The molecule has 2 radical (unpaired) electrons. The third kappa shape index (κ3) is 10.6. The van der Waals surface area contributed by atoms with Crippen molar-refractivity contribution in [2.75, 3.05) is 32.2 Å². The highest BCUT2D eigenvalue weighted by molar-refractivity contribution is 7.97. The molecule has 4 atom stereocenters. The molecule has 0 bridgehead atoms. The van der Waals surface area contributed by atoms with Crippen molar-refractivity contribution in [2.45, 2.75) is 228 Å². The van der Waals surface area contributed by atoms with Gasteiger partial charge in [0.1, 0.15) is 24.6 Å². The van der Waals surface area contributed by atoms with Crippen LogP contribution in [0.1, 0.15) is 253 Å². The Bertz CT molecular complexity index is 5440. The number of carbonyl (C=O) groups is 2. The minimum absolute atomic E-state index is 0.0139. The number of hydrogen-bond donors (Lipinski definition) is 1. The third-order valence-electron chi connectivity index (χ3n) is 26.2. The molecule has 1 N–H and O–H groups in total. The molecule has 14 aromatic rings. The zero-order chi connectivity index (χ0) is 71.5. The maximum atomic E-state index is 12.8. The summed E-state index contributed by atoms with van der Waals surface area (Å²) in [5.41, 5.74) is 17.1. The molecule has 0 saturated heterocycles. The SMILES string of the molecule is CCCCCCCCCCCC[S+](CCCCCCCCCCCC)C(CCCC(=O)OC)c1ccccc1.COC(=O)CCCC1(c2ccccc2)C2c3cc4c5c6c(cc7c8c9c(cc%10cc%11c%12c%13c(cc%14c%15c(c%16c3c5c3c%16c(c%15%13)c5c%12c%10c9c5c3c68)C21C%14)C%11)C7)C4.F[B-](F)(F)F.[2H]OC[B]. The van der Waals surface area contributed by atoms with Crippen molar-refractivity contribution in [3.8, 4) is 0 Å². The van der Waals surface area contributed by atoms with Gasteiger partial charge in [0, 0.05) is 41.7 Å². The van der Waals surface area contributed by atoms with Crippen molar-refractivity contribution in [3.05, 3.63) is 152 Å². The molecule has 12 heteroatoms. The standard InChI is InChI=1S/C54H28O2.C36H65O2S.CH3BO.BF4/c1-56-29(55)8-5-9-53(27-6-3-2-4-7-27)52-28-17-25-15-22-11-19-10-20-12-23-13-21-14-24-16-26-18-54(52,53)51-37(26)42-34(24)32(21)41-36(23)40-31(20)30(19)39-33(22)35(25)43-38(28)50(51)49-47(42)46(41)45(40)44(39)48(43)49;1-4-6-8-10-12-14-16-18-20-25-32-39(33-26-21-19-17-15-13-11-9-7-5-2)35(30-27-31-36(37)38-3)34-28-23-22-24-29-34;2-1-3;2-1(3,4)5/h2-4,6-7,11-13,16-17,52H,5,8-10,14-15,18H2,1H3;22-24,28-29,35H,4-21,25-27,30-33H2,1-3H3;3H,1H2;/q;+1;;-1/i;;3D;. The molecular formula is C91H96B2F4O5S. The Kier molecular flexibility index (Phi) is 18.0. The van der Waals surface area contributed by atoms with Gasteiger partial charge in [-0.3, -0.25) is 9.59 Å². The quantitative estimate of drug-likeness (QED) is 0.00828. The second-order valence-electron chi connectivity index (χ2n) is 31.8. The van der Waals surface area contributed by atoms with Gasteiger partial charge in [0.2, 0.25) is 1.43 Å². The van der Waals surface area contributed by atoms with Gasteiger partial charge in [0.05, 0.1) is 14.2 Å². The molecule has 0 aliphatic heterocycles. The van der Waals surface area contributed by atoms with Gasteiger partial charge in [-0.15, -0.1) is 0 Å². The van der Waals surface area contributed by atoms with E-state index >= 15 is 0 Å². The van der Waals surface area contributed by atoms with Crippen molar-refractivity contribution in [3.63, 3.8) is 0 Å². The first-order chi connectivity index (χ1) is 50.8. The van der Waals surface area contributed by atoms with Crippen molar-refractivity contribution < 1.29 is 41.4 Å². The van der Waals surface area contributed by atoms with E-state index in [2.05, 4.69) is 118 Å². The van der Waals surface area contributed by atoms with Crippen LogP contribution in [0.2, 0.25) is 0 Å². The topological polar surface area (TPSA) is 72.8 Å². The summed E-state index contributed by atoms with van der Waals surface area (Å²) in [4.78, 5) is 24.6. The minimum Gasteiger partial charge on any atom is -0.469 e. The molecule has 0 amide bonds. The number of methoxy groups -OCH3 is 2. The van der Waals surface area contributed by atoms with Gasteiger partial charge in [-0.1, -0.05) is 208 Å². The molecule has 14 aromatic carbocycles. The average Bonchev–Trinajstić information content (AvgIpc) is 1.41. The van der Waals surface area contributed by atoms with Crippen molar-refractivity contribution >= 4 is 156 Å². The first-order valence-corrected chi connectivity index (χ1v) is 41.2.